The fraction of sp³-hybridized carbons (Fsp3) is 0.273. The Morgan fingerprint density at radius 3 is 2.80 bits per heavy atom. The number of imidazole rings is 1. The summed E-state index contributed by atoms with van der Waals surface area (Å²) in [4.78, 5) is 14.5. The van der Waals surface area contributed by atoms with Gasteiger partial charge in [-0.05, 0) is 55.8 Å². The second-order valence-electron chi connectivity index (χ2n) is 7.07. The molecule has 30 heavy (non-hydrogen) atoms. The number of aryl methyl sites for hydroxylation is 2. The van der Waals surface area contributed by atoms with E-state index >= 15 is 0 Å². The maximum atomic E-state index is 13.3. The highest BCUT2D eigenvalue weighted by Gasteiger charge is 2.19. The van der Waals surface area contributed by atoms with E-state index in [-0.39, 0.29) is 11.9 Å². The van der Waals surface area contributed by atoms with E-state index < -0.39 is 0 Å². The fourth-order valence-corrected chi connectivity index (χ4v) is 3.22. The molecule has 1 aliphatic rings. The zero-order valence-electron chi connectivity index (χ0n) is 17.1. The topological polar surface area (TPSA) is 69.9 Å². The Kier molecular flexibility index (Phi) is 5.67. The highest BCUT2D eigenvalue weighted by Crippen LogP contribution is 2.25. The van der Waals surface area contributed by atoms with Crippen molar-refractivity contribution in [3.63, 3.8) is 0 Å². The minimum atomic E-state index is -0.284. The van der Waals surface area contributed by atoms with Gasteiger partial charge in [-0.2, -0.15) is 0 Å². The number of methoxy groups -OCH3 is 1. The molecule has 1 aromatic heterocycles. The largest absolute Gasteiger partial charge is 0.495 e. The summed E-state index contributed by atoms with van der Waals surface area (Å²) in [5.74, 6) is 1.63. The number of amidine groups is 1. The second kappa shape index (κ2) is 8.54. The van der Waals surface area contributed by atoms with E-state index in [0.29, 0.717) is 30.5 Å². The van der Waals surface area contributed by atoms with Crippen molar-refractivity contribution in [2.75, 3.05) is 20.3 Å². The quantitative estimate of drug-likeness (QED) is 0.675. The van der Waals surface area contributed by atoms with Crippen LogP contribution in [0.1, 0.15) is 16.8 Å². The predicted molar refractivity (Wildman–Crippen MR) is 111 cm³/mol. The number of hydrogen-bond donors (Lipinski definition) is 1. The van der Waals surface area contributed by atoms with Gasteiger partial charge in [0.15, 0.2) is 5.84 Å². The SMILES string of the molecule is COc1cc(C2=N[C@H](COc3ccc(F)cc3C)CON2)ccc1-n1cnc(C)c1. The van der Waals surface area contributed by atoms with E-state index in [9.17, 15) is 4.39 Å². The molecular weight excluding hydrogens is 387 g/mol. The Morgan fingerprint density at radius 2 is 2.07 bits per heavy atom. The molecule has 2 heterocycles. The number of halogens is 1. The van der Waals surface area contributed by atoms with Crippen molar-refractivity contribution in [1.82, 2.24) is 15.0 Å². The van der Waals surface area contributed by atoms with E-state index in [1.54, 1.807) is 19.5 Å². The summed E-state index contributed by atoms with van der Waals surface area (Å²) in [6.07, 6.45) is 3.68. The molecule has 1 aliphatic heterocycles. The molecule has 4 rings (SSSR count). The van der Waals surface area contributed by atoms with Gasteiger partial charge in [-0.1, -0.05) is 0 Å². The van der Waals surface area contributed by atoms with E-state index in [1.807, 2.05) is 42.8 Å². The molecular formula is C22H23FN4O3. The zero-order valence-corrected chi connectivity index (χ0v) is 17.1. The van der Waals surface area contributed by atoms with Crippen molar-refractivity contribution in [2.45, 2.75) is 19.9 Å². The molecule has 0 saturated carbocycles. The van der Waals surface area contributed by atoms with Crippen molar-refractivity contribution < 1.29 is 18.7 Å². The average molecular weight is 410 g/mol. The summed E-state index contributed by atoms with van der Waals surface area (Å²) in [6, 6.07) is 10.0. The van der Waals surface area contributed by atoms with Gasteiger partial charge in [-0.15, -0.1) is 0 Å². The first-order chi connectivity index (χ1) is 14.5. The summed E-state index contributed by atoms with van der Waals surface area (Å²) in [5.41, 5.74) is 6.24. The maximum absolute atomic E-state index is 13.3. The van der Waals surface area contributed by atoms with Crippen LogP contribution in [-0.2, 0) is 4.84 Å². The molecule has 0 fully saturated rings. The van der Waals surface area contributed by atoms with E-state index in [2.05, 4.69) is 10.5 Å². The fourth-order valence-electron chi connectivity index (χ4n) is 3.22. The van der Waals surface area contributed by atoms with Gasteiger partial charge >= 0.3 is 0 Å². The number of nitrogens with zero attached hydrogens (tertiary/aromatic N) is 3. The highest BCUT2D eigenvalue weighted by molar-refractivity contribution is 5.99. The highest BCUT2D eigenvalue weighted by atomic mass is 19.1. The van der Waals surface area contributed by atoms with Gasteiger partial charge in [0.1, 0.15) is 36.6 Å². The third kappa shape index (κ3) is 4.28. The number of aromatic nitrogens is 2. The number of hydrogen-bond acceptors (Lipinski definition) is 6. The molecule has 156 valence electrons. The number of nitrogens with one attached hydrogen (secondary N) is 1. The van der Waals surface area contributed by atoms with E-state index in [1.165, 1.54) is 12.1 Å². The number of aliphatic imine (C=N–C) groups is 1. The number of benzene rings is 2. The lowest BCUT2D eigenvalue weighted by Gasteiger charge is -2.23. The summed E-state index contributed by atoms with van der Waals surface area (Å²) >= 11 is 0. The van der Waals surface area contributed by atoms with Gasteiger partial charge < -0.3 is 14.0 Å². The van der Waals surface area contributed by atoms with Gasteiger partial charge in [0.25, 0.3) is 0 Å². The van der Waals surface area contributed by atoms with Crippen LogP contribution in [0.2, 0.25) is 0 Å². The lowest BCUT2D eigenvalue weighted by molar-refractivity contribution is 0.0513. The number of hydroxylamine groups is 1. The molecule has 1 atom stereocenters. The van der Waals surface area contributed by atoms with Crippen LogP contribution >= 0.6 is 0 Å². The Labute approximate surface area is 174 Å². The maximum Gasteiger partial charge on any atom is 0.153 e. The molecule has 0 amide bonds. The van der Waals surface area contributed by atoms with Crippen LogP contribution in [0.25, 0.3) is 5.69 Å². The monoisotopic (exact) mass is 410 g/mol. The van der Waals surface area contributed by atoms with Crippen LogP contribution in [-0.4, -0.2) is 41.8 Å². The van der Waals surface area contributed by atoms with Gasteiger partial charge in [0.05, 0.1) is 24.8 Å². The minimum Gasteiger partial charge on any atom is -0.495 e. The molecule has 0 saturated heterocycles. The van der Waals surface area contributed by atoms with Crippen molar-refractivity contribution in [1.29, 1.82) is 0 Å². The molecule has 3 aromatic rings. The summed E-state index contributed by atoms with van der Waals surface area (Å²) in [6.45, 7) is 4.43. The Hall–Kier alpha value is -3.39. The first-order valence-electron chi connectivity index (χ1n) is 9.57. The first-order valence-corrected chi connectivity index (χ1v) is 9.57. The molecule has 8 heteroatoms. The smallest absolute Gasteiger partial charge is 0.153 e. The third-order valence-electron chi connectivity index (χ3n) is 4.77. The standard InChI is InChI=1S/C22H23FN4O3/c1-14-8-17(23)5-7-20(14)29-11-18-12-30-26-22(25-18)16-4-6-19(21(9-16)28-3)27-10-15(2)24-13-27/h4-10,13,18H,11-12H2,1-3H3,(H,25,26)/t18-/m1/s1. The molecule has 0 bridgehead atoms. The van der Waals surface area contributed by atoms with Crippen LogP contribution in [0.15, 0.2) is 53.9 Å². The van der Waals surface area contributed by atoms with Gasteiger partial charge in [-0.3, -0.25) is 9.83 Å². The average Bonchev–Trinajstić information content (AvgIpc) is 3.19. The van der Waals surface area contributed by atoms with Crippen molar-refractivity contribution in [2.24, 2.45) is 4.99 Å². The second-order valence-corrected chi connectivity index (χ2v) is 7.07. The van der Waals surface area contributed by atoms with Gasteiger partial charge in [0, 0.05) is 11.8 Å². The van der Waals surface area contributed by atoms with Crippen molar-refractivity contribution in [3.05, 3.63) is 71.6 Å². The number of ether oxygens (including phenoxy) is 2. The summed E-state index contributed by atoms with van der Waals surface area (Å²) in [7, 11) is 1.63. The normalized spacial score (nSPS) is 16.0. The van der Waals surface area contributed by atoms with Crippen molar-refractivity contribution >= 4 is 5.84 Å². The Bertz CT molecular complexity index is 1080. The zero-order chi connectivity index (χ0) is 21.1. The van der Waals surface area contributed by atoms with Gasteiger partial charge in [0.2, 0.25) is 0 Å². The van der Waals surface area contributed by atoms with Crippen LogP contribution in [0.4, 0.5) is 4.39 Å². The first kappa shape index (κ1) is 19.9. The molecule has 7 nitrogen and oxygen atoms in total. The van der Waals surface area contributed by atoms with Crippen LogP contribution in [0, 0.1) is 19.7 Å². The van der Waals surface area contributed by atoms with Gasteiger partial charge in [-0.25, -0.2) is 14.9 Å². The minimum absolute atomic E-state index is 0.201. The summed E-state index contributed by atoms with van der Waals surface area (Å²) < 4.78 is 26.6. The lowest BCUT2D eigenvalue weighted by atomic mass is 10.1. The van der Waals surface area contributed by atoms with Crippen LogP contribution in [0.3, 0.4) is 0 Å². The van der Waals surface area contributed by atoms with Crippen LogP contribution < -0.4 is 15.0 Å². The molecule has 1 N–H and O–H groups in total. The molecule has 2 aromatic carbocycles. The third-order valence-corrected chi connectivity index (χ3v) is 4.77. The van der Waals surface area contributed by atoms with Crippen LogP contribution in [0.5, 0.6) is 11.5 Å². The predicted octanol–water partition coefficient (Wildman–Crippen LogP) is 3.37. The molecule has 0 unspecified atom stereocenters. The molecule has 0 aliphatic carbocycles. The van der Waals surface area contributed by atoms with E-state index in [0.717, 1.165) is 22.5 Å². The Morgan fingerprint density at radius 1 is 1.20 bits per heavy atom. The Balaban J connectivity index is 1.52. The molecule has 0 radical (unpaired) electrons. The molecule has 0 spiro atoms. The lowest BCUT2D eigenvalue weighted by Crippen LogP contribution is -2.38. The van der Waals surface area contributed by atoms with E-state index in [4.69, 9.17) is 19.3 Å². The summed E-state index contributed by atoms with van der Waals surface area (Å²) in [5, 5.41) is 0. The number of rotatable bonds is 6. The van der Waals surface area contributed by atoms with Crippen molar-refractivity contribution in [3.8, 4) is 17.2 Å².